The van der Waals surface area contributed by atoms with Crippen LogP contribution in [0.25, 0.3) is 0 Å². The van der Waals surface area contributed by atoms with Crippen LogP contribution in [0.4, 0.5) is 0 Å². The summed E-state index contributed by atoms with van der Waals surface area (Å²) < 4.78 is 2.19. The Morgan fingerprint density at radius 3 is 2.75 bits per heavy atom. The van der Waals surface area contributed by atoms with Crippen LogP contribution in [0.2, 0.25) is 0 Å². The van der Waals surface area contributed by atoms with Gasteiger partial charge in [-0.25, -0.2) is 0 Å². The molecule has 0 N–H and O–H groups in total. The summed E-state index contributed by atoms with van der Waals surface area (Å²) in [5, 5.41) is 0. The number of rotatable bonds is 5. The molecule has 0 aliphatic rings. The van der Waals surface area contributed by atoms with Gasteiger partial charge in [0.1, 0.15) is 0 Å². The average Bonchev–Trinajstić information content (AvgIpc) is 2.46. The average molecular weight is 181 g/mol. The Labute approximate surface area is 77.4 Å². The van der Waals surface area contributed by atoms with Crippen LogP contribution in [0, 0.1) is 0 Å². The van der Waals surface area contributed by atoms with Crippen molar-refractivity contribution in [3.8, 4) is 0 Å². The third-order valence-corrected chi connectivity index (χ3v) is 2.46. The second-order valence-electron chi connectivity index (χ2n) is 3.12. The first kappa shape index (κ1) is 9.80. The van der Waals surface area contributed by atoms with Gasteiger partial charge in [0.05, 0.1) is 5.44 Å². The second kappa shape index (κ2) is 5.37. The quantitative estimate of drug-likeness (QED) is 0.486. The Bertz CT molecular complexity index is 217. The van der Waals surface area contributed by atoms with Crippen molar-refractivity contribution < 1.29 is 0 Å². The second-order valence-corrected chi connectivity index (χ2v) is 3.58. The lowest BCUT2D eigenvalue weighted by atomic mass is 10.2. The topological polar surface area (TPSA) is 4.93 Å². The molecule has 2 radical (unpaired) electrons. The van der Waals surface area contributed by atoms with E-state index in [1.54, 1.807) is 0 Å². The highest BCUT2D eigenvalue weighted by molar-refractivity contribution is 7.27. The third kappa shape index (κ3) is 2.98. The van der Waals surface area contributed by atoms with E-state index in [-0.39, 0.29) is 0 Å². The highest BCUT2D eigenvalue weighted by atomic mass is 31.0. The zero-order valence-corrected chi connectivity index (χ0v) is 8.56. The first-order chi connectivity index (χ1) is 5.84. The Morgan fingerprint density at radius 1 is 1.33 bits per heavy atom. The maximum absolute atomic E-state index is 4.34. The van der Waals surface area contributed by atoms with Gasteiger partial charge in [0.2, 0.25) is 0 Å². The van der Waals surface area contributed by atoms with Crippen LogP contribution in [0.3, 0.4) is 0 Å². The SMILES string of the molecule is CCCCCCn1cccc1[P]. The van der Waals surface area contributed by atoms with Crippen LogP contribution in [0.5, 0.6) is 0 Å². The minimum absolute atomic E-state index is 1.08. The normalized spacial score (nSPS) is 10.5. The summed E-state index contributed by atoms with van der Waals surface area (Å²) in [6.45, 7) is 3.35. The smallest absolute Gasteiger partial charge is 0.0513 e. The van der Waals surface area contributed by atoms with Gasteiger partial charge < -0.3 is 4.57 Å². The third-order valence-electron chi connectivity index (χ3n) is 2.06. The summed E-state index contributed by atoms with van der Waals surface area (Å²) in [6.07, 6.45) is 7.36. The van der Waals surface area contributed by atoms with E-state index in [1.807, 2.05) is 12.1 Å². The number of aryl methyl sites for hydroxylation is 1. The largest absolute Gasteiger partial charge is 0.347 e. The molecule has 0 atom stereocenters. The van der Waals surface area contributed by atoms with E-state index in [9.17, 15) is 0 Å². The molecule has 0 aliphatic heterocycles. The molecule has 0 unspecified atom stereocenters. The van der Waals surface area contributed by atoms with Crippen LogP contribution in [-0.2, 0) is 6.54 Å². The summed E-state index contributed by atoms with van der Waals surface area (Å²) in [6, 6.07) is 4.07. The van der Waals surface area contributed by atoms with Gasteiger partial charge in [-0.15, -0.1) is 0 Å². The van der Waals surface area contributed by atoms with Gasteiger partial charge in [-0.3, -0.25) is 0 Å². The number of aromatic nitrogens is 1. The van der Waals surface area contributed by atoms with Crippen molar-refractivity contribution >= 4 is 14.7 Å². The van der Waals surface area contributed by atoms with Crippen molar-refractivity contribution in [1.82, 2.24) is 4.57 Å². The lowest BCUT2D eigenvalue weighted by Gasteiger charge is -2.04. The molecule has 1 aromatic rings. The number of nitrogens with zero attached hydrogens (tertiary/aromatic N) is 1. The fraction of sp³-hybridized carbons (Fsp3) is 0.600. The maximum Gasteiger partial charge on any atom is 0.0513 e. The Kier molecular flexibility index (Phi) is 4.39. The molecule has 2 heteroatoms. The van der Waals surface area contributed by atoms with Crippen LogP contribution in [0.15, 0.2) is 18.3 Å². The summed E-state index contributed by atoms with van der Waals surface area (Å²) in [5.41, 5.74) is 1.08. The molecular weight excluding hydrogens is 165 g/mol. The summed E-state index contributed by atoms with van der Waals surface area (Å²) in [4.78, 5) is 0. The van der Waals surface area contributed by atoms with Crippen molar-refractivity contribution in [2.45, 2.75) is 39.2 Å². The lowest BCUT2D eigenvalue weighted by Crippen LogP contribution is -2.08. The fourth-order valence-electron chi connectivity index (χ4n) is 1.30. The van der Waals surface area contributed by atoms with E-state index in [2.05, 4.69) is 26.9 Å². The molecule has 1 rings (SSSR count). The highest BCUT2D eigenvalue weighted by Crippen LogP contribution is 2.02. The number of unbranched alkanes of at least 4 members (excludes halogenated alkanes) is 3. The van der Waals surface area contributed by atoms with Crippen molar-refractivity contribution in [3.05, 3.63) is 18.3 Å². The van der Waals surface area contributed by atoms with Crippen molar-refractivity contribution in [1.29, 1.82) is 0 Å². The van der Waals surface area contributed by atoms with E-state index in [4.69, 9.17) is 0 Å². The van der Waals surface area contributed by atoms with Crippen molar-refractivity contribution in [3.63, 3.8) is 0 Å². The van der Waals surface area contributed by atoms with Gasteiger partial charge in [0.25, 0.3) is 0 Å². The highest BCUT2D eigenvalue weighted by Gasteiger charge is 1.94. The van der Waals surface area contributed by atoms with Crippen LogP contribution < -0.4 is 5.44 Å². The molecule has 0 fully saturated rings. The molecule has 0 spiro atoms. The predicted molar refractivity (Wildman–Crippen MR) is 55.1 cm³/mol. The Hall–Kier alpha value is -0.290. The van der Waals surface area contributed by atoms with Gasteiger partial charge in [-0.1, -0.05) is 26.2 Å². The molecule has 0 amide bonds. The van der Waals surface area contributed by atoms with Gasteiger partial charge in [0, 0.05) is 22.0 Å². The molecule has 0 bridgehead atoms. The van der Waals surface area contributed by atoms with Gasteiger partial charge in [0.15, 0.2) is 0 Å². The number of hydrogen-bond acceptors (Lipinski definition) is 0. The van der Waals surface area contributed by atoms with E-state index < -0.39 is 0 Å². The molecule has 1 aromatic heterocycles. The summed E-state index contributed by atoms with van der Waals surface area (Å²) in [5.74, 6) is 0. The lowest BCUT2D eigenvalue weighted by molar-refractivity contribution is 0.591. The summed E-state index contributed by atoms with van der Waals surface area (Å²) >= 11 is 0. The fourth-order valence-corrected chi connectivity index (χ4v) is 1.56. The Balaban J connectivity index is 2.20. The van der Waals surface area contributed by atoms with E-state index in [0.29, 0.717) is 0 Å². The predicted octanol–water partition coefficient (Wildman–Crippen LogP) is 3.10. The van der Waals surface area contributed by atoms with E-state index in [0.717, 1.165) is 12.0 Å². The molecule has 66 valence electrons. The molecule has 0 saturated carbocycles. The van der Waals surface area contributed by atoms with Crippen LogP contribution >= 0.6 is 9.24 Å². The molecule has 1 heterocycles. The van der Waals surface area contributed by atoms with E-state index in [1.165, 1.54) is 25.7 Å². The minimum atomic E-state index is 1.08. The van der Waals surface area contributed by atoms with Crippen LogP contribution in [0.1, 0.15) is 32.6 Å². The Morgan fingerprint density at radius 2 is 2.17 bits per heavy atom. The van der Waals surface area contributed by atoms with Crippen molar-refractivity contribution in [2.75, 3.05) is 0 Å². The molecule has 0 aliphatic carbocycles. The molecular formula is C10H16NP. The monoisotopic (exact) mass is 181 g/mol. The van der Waals surface area contributed by atoms with Gasteiger partial charge in [-0.05, 0) is 18.6 Å². The zero-order valence-electron chi connectivity index (χ0n) is 7.66. The van der Waals surface area contributed by atoms with Crippen LogP contribution in [-0.4, -0.2) is 4.57 Å². The summed E-state index contributed by atoms with van der Waals surface area (Å²) in [7, 11) is 4.34. The first-order valence-corrected chi connectivity index (χ1v) is 5.13. The molecule has 0 aromatic carbocycles. The van der Waals surface area contributed by atoms with Gasteiger partial charge in [-0.2, -0.15) is 0 Å². The minimum Gasteiger partial charge on any atom is -0.347 e. The maximum atomic E-state index is 4.34. The van der Waals surface area contributed by atoms with E-state index >= 15 is 0 Å². The first-order valence-electron chi connectivity index (χ1n) is 4.68. The number of hydrogen-bond donors (Lipinski definition) is 0. The zero-order chi connectivity index (χ0) is 8.81. The van der Waals surface area contributed by atoms with Crippen molar-refractivity contribution in [2.24, 2.45) is 0 Å². The standard InChI is InChI=1S/C10H16NP/c1-2-3-4-5-8-11-9-6-7-10(11)12/h6-7,9H,2-5,8H2,1H3. The molecule has 1 nitrogen and oxygen atoms in total. The molecule has 12 heavy (non-hydrogen) atoms. The van der Waals surface area contributed by atoms with Gasteiger partial charge >= 0.3 is 0 Å². The molecule has 0 saturated heterocycles.